The Morgan fingerprint density at radius 1 is 0.963 bits per heavy atom. The summed E-state index contributed by atoms with van der Waals surface area (Å²) in [6.07, 6.45) is -0.0617. The van der Waals surface area contributed by atoms with Gasteiger partial charge in [-0.05, 0) is 18.1 Å². The molecule has 0 aromatic heterocycles. The standard InChI is InChI=1S/C22H29N3O2/c1-18(23)22(26)25-14-12-24(13-15-25)16-17-27-21(19-8-4-2-5-9-19)20-10-6-3-7-11-20/h2-11,18,21H,12-17,23H2,1H3. The van der Waals surface area contributed by atoms with Gasteiger partial charge < -0.3 is 15.4 Å². The lowest BCUT2D eigenvalue weighted by molar-refractivity contribution is -0.134. The molecule has 1 heterocycles. The molecular weight excluding hydrogens is 338 g/mol. The maximum Gasteiger partial charge on any atom is 0.239 e. The van der Waals surface area contributed by atoms with Crippen LogP contribution in [0.5, 0.6) is 0 Å². The molecule has 0 saturated carbocycles. The van der Waals surface area contributed by atoms with Crippen LogP contribution in [0, 0.1) is 0 Å². The molecule has 5 nitrogen and oxygen atoms in total. The van der Waals surface area contributed by atoms with Gasteiger partial charge in [0.2, 0.25) is 5.91 Å². The summed E-state index contributed by atoms with van der Waals surface area (Å²) < 4.78 is 6.29. The Morgan fingerprint density at radius 3 is 1.96 bits per heavy atom. The number of hydrogen-bond donors (Lipinski definition) is 1. The van der Waals surface area contributed by atoms with E-state index in [0.29, 0.717) is 6.61 Å². The van der Waals surface area contributed by atoms with Gasteiger partial charge in [-0.25, -0.2) is 0 Å². The minimum Gasteiger partial charge on any atom is -0.367 e. The second-order valence-electron chi connectivity index (χ2n) is 7.03. The highest BCUT2D eigenvalue weighted by atomic mass is 16.5. The predicted molar refractivity (Wildman–Crippen MR) is 107 cm³/mol. The normalized spacial score (nSPS) is 16.5. The largest absolute Gasteiger partial charge is 0.367 e. The molecule has 1 amide bonds. The number of piperazine rings is 1. The van der Waals surface area contributed by atoms with Crippen molar-refractivity contribution in [1.29, 1.82) is 0 Å². The Balaban J connectivity index is 1.53. The number of nitrogens with zero attached hydrogens (tertiary/aromatic N) is 2. The van der Waals surface area contributed by atoms with Crippen molar-refractivity contribution in [3.05, 3.63) is 71.8 Å². The zero-order chi connectivity index (χ0) is 19.1. The van der Waals surface area contributed by atoms with Crippen LogP contribution in [0.1, 0.15) is 24.2 Å². The van der Waals surface area contributed by atoms with Gasteiger partial charge in [0.25, 0.3) is 0 Å². The van der Waals surface area contributed by atoms with Crippen molar-refractivity contribution in [2.75, 3.05) is 39.3 Å². The molecule has 2 aromatic rings. The van der Waals surface area contributed by atoms with Crippen LogP contribution < -0.4 is 5.73 Å². The lowest BCUT2D eigenvalue weighted by Crippen LogP contribution is -2.52. The second-order valence-corrected chi connectivity index (χ2v) is 7.03. The summed E-state index contributed by atoms with van der Waals surface area (Å²) in [5, 5.41) is 0. The summed E-state index contributed by atoms with van der Waals surface area (Å²) in [4.78, 5) is 16.2. The van der Waals surface area contributed by atoms with Crippen molar-refractivity contribution in [2.24, 2.45) is 5.73 Å². The first-order chi connectivity index (χ1) is 13.1. The lowest BCUT2D eigenvalue weighted by atomic mass is 10.0. The Kier molecular flexibility index (Phi) is 6.98. The Labute approximate surface area is 161 Å². The number of rotatable bonds is 7. The molecular formula is C22H29N3O2. The van der Waals surface area contributed by atoms with Gasteiger partial charge in [-0.1, -0.05) is 60.7 Å². The van der Waals surface area contributed by atoms with Crippen molar-refractivity contribution < 1.29 is 9.53 Å². The summed E-state index contributed by atoms with van der Waals surface area (Å²) in [5.41, 5.74) is 8.03. The minimum absolute atomic E-state index is 0.0409. The fraction of sp³-hybridized carbons (Fsp3) is 0.409. The van der Waals surface area contributed by atoms with E-state index in [1.54, 1.807) is 6.92 Å². The van der Waals surface area contributed by atoms with Crippen molar-refractivity contribution in [3.8, 4) is 0 Å². The molecule has 0 radical (unpaired) electrons. The van der Waals surface area contributed by atoms with E-state index in [2.05, 4.69) is 29.2 Å². The quantitative estimate of drug-likeness (QED) is 0.816. The third kappa shape index (κ3) is 5.39. The highest BCUT2D eigenvalue weighted by molar-refractivity contribution is 5.81. The van der Waals surface area contributed by atoms with E-state index in [9.17, 15) is 4.79 Å². The van der Waals surface area contributed by atoms with Crippen LogP contribution >= 0.6 is 0 Å². The van der Waals surface area contributed by atoms with Crippen LogP contribution in [0.15, 0.2) is 60.7 Å². The van der Waals surface area contributed by atoms with Crippen molar-refractivity contribution in [1.82, 2.24) is 9.80 Å². The average molecular weight is 367 g/mol. The molecule has 3 rings (SSSR count). The summed E-state index contributed by atoms with van der Waals surface area (Å²) in [6.45, 7) is 6.45. The highest BCUT2D eigenvalue weighted by Crippen LogP contribution is 2.25. The minimum atomic E-state index is -0.419. The maximum absolute atomic E-state index is 12.0. The first-order valence-corrected chi connectivity index (χ1v) is 9.63. The van der Waals surface area contributed by atoms with E-state index in [4.69, 9.17) is 10.5 Å². The molecule has 1 aliphatic heterocycles. The Morgan fingerprint density at radius 2 is 1.48 bits per heavy atom. The SMILES string of the molecule is CC(N)C(=O)N1CCN(CCOC(c2ccccc2)c2ccccc2)CC1. The molecule has 2 aromatic carbocycles. The monoisotopic (exact) mass is 367 g/mol. The number of benzene rings is 2. The van der Waals surface area contributed by atoms with Crippen LogP contribution in [0.4, 0.5) is 0 Å². The second kappa shape index (κ2) is 9.65. The molecule has 2 N–H and O–H groups in total. The van der Waals surface area contributed by atoms with E-state index in [1.165, 1.54) is 0 Å². The van der Waals surface area contributed by atoms with Gasteiger partial charge in [0, 0.05) is 32.7 Å². The molecule has 1 unspecified atom stereocenters. The van der Waals surface area contributed by atoms with Gasteiger partial charge in [0.05, 0.1) is 12.6 Å². The first-order valence-electron chi connectivity index (χ1n) is 9.63. The van der Waals surface area contributed by atoms with Gasteiger partial charge >= 0.3 is 0 Å². The topological polar surface area (TPSA) is 58.8 Å². The maximum atomic E-state index is 12.0. The molecule has 0 bridgehead atoms. The van der Waals surface area contributed by atoms with Crippen LogP contribution in [-0.2, 0) is 9.53 Å². The number of amides is 1. The van der Waals surface area contributed by atoms with Gasteiger partial charge in [-0.3, -0.25) is 9.69 Å². The lowest BCUT2D eigenvalue weighted by Gasteiger charge is -2.35. The molecule has 5 heteroatoms. The smallest absolute Gasteiger partial charge is 0.239 e. The van der Waals surface area contributed by atoms with Crippen LogP contribution in [-0.4, -0.2) is 61.1 Å². The van der Waals surface area contributed by atoms with Crippen molar-refractivity contribution >= 4 is 5.91 Å². The molecule has 27 heavy (non-hydrogen) atoms. The molecule has 1 saturated heterocycles. The summed E-state index contributed by atoms with van der Waals surface area (Å²) in [6, 6.07) is 20.2. The van der Waals surface area contributed by atoms with Crippen LogP contribution in [0.2, 0.25) is 0 Å². The third-order valence-electron chi connectivity index (χ3n) is 4.97. The van der Waals surface area contributed by atoms with Crippen molar-refractivity contribution in [3.63, 3.8) is 0 Å². The Hall–Kier alpha value is -2.21. The number of carbonyl (C=O) groups is 1. The van der Waals surface area contributed by atoms with E-state index >= 15 is 0 Å². The van der Waals surface area contributed by atoms with E-state index in [-0.39, 0.29) is 12.0 Å². The van der Waals surface area contributed by atoms with E-state index < -0.39 is 6.04 Å². The predicted octanol–water partition coefficient (Wildman–Crippen LogP) is 2.28. The fourth-order valence-corrected chi connectivity index (χ4v) is 3.42. The van der Waals surface area contributed by atoms with Crippen molar-refractivity contribution in [2.45, 2.75) is 19.1 Å². The molecule has 1 atom stereocenters. The number of carbonyl (C=O) groups excluding carboxylic acids is 1. The van der Waals surface area contributed by atoms with E-state index in [0.717, 1.165) is 43.9 Å². The molecule has 1 aliphatic rings. The van der Waals surface area contributed by atoms with Crippen LogP contribution in [0.25, 0.3) is 0 Å². The first kappa shape index (κ1) is 19.5. The van der Waals surface area contributed by atoms with Crippen LogP contribution in [0.3, 0.4) is 0 Å². The molecule has 1 fully saturated rings. The average Bonchev–Trinajstić information content (AvgIpc) is 2.72. The van der Waals surface area contributed by atoms with Gasteiger partial charge in [-0.15, -0.1) is 0 Å². The summed E-state index contributed by atoms with van der Waals surface area (Å²) in [7, 11) is 0. The zero-order valence-corrected chi connectivity index (χ0v) is 16.0. The Bertz CT molecular complexity index is 659. The summed E-state index contributed by atoms with van der Waals surface area (Å²) in [5.74, 6) is 0.0409. The fourth-order valence-electron chi connectivity index (χ4n) is 3.42. The zero-order valence-electron chi connectivity index (χ0n) is 16.0. The molecule has 0 spiro atoms. The molecule has 0 aliphatic carbocycles. The van der Waals surface area contributed by atoms with Gasteiger partial charge in [0.15, 0.2) is 0 Å². The summed E-state index contributed by atoms with van der Waals surface area (Å²) >= 11 is 0. The number of ether oxygens (including phenoxy) is 1. The van der Waals surface area contributed by atoms with Gasteiger partial charge in [0.1, 0.15) is 6.10 Å². The van der Waals surface area contributed by atoms with E-state index in [1.807, 2.05) is 41.3 Å². The number of hydrogen-bond acceptors (Lipinski definition) is 4. The molecule has 144 valence electrons. The highest BCUT2D eigenvalue weighted by Gasteiger charge is 2.23. The number of nitrogens with two attached hydrogens (primary N) is 1. The van der Waals surface area contributed by atoms with Gasteiger partial charge in [-0.2, -0.15) is 0 Å². The third-order valence-corrected chi connectivity index (χ3v) is 4.97.